The molecule has 0 aliphatic rings. The molecule has 0 saturated carbocycles. The lowest BCUT2D eigenvalue weighted by Gasteiger charge is -2.14. The van der Waals surface area contributed by atoms with Gasteiger partial charge >= 0.3 is 0 Å². The van der Waals surface area contributed by atoms with E-state index in [1.165, 1.54) is 20.2 Å². The number of rotatable bonds is 4. The summed E-state index contributed by atoms with van der Waals surface area (Å²) in [6.45, 7) is 0. The summed E-state index contributed by atoms with van der Waals surface area (Å²) in [7, 11) is 0. The van der Waals surface area contributed by atoms with Gasteiger partial charge in [-0.3, -0.25) is 0 Å². The third-order valence-corrected chi connectivity index (χ3v) is 11.1. The number of hydrogen-bond donors (Lipinski definition) is 0. The maximum atomic E-state index is 6.63. The summed E-state index contributed by atoms with van der Waals surface area (Å²) in [4.78, 5) is 20.5. The zero-order valence-electron chi connectivity index (χ0n) is 27.6. The van der Waals surface area contributed by atoms with Crippen LogP contribution in [-0.4, -0.2) is 19.9 Å². The predicted molar refractivity (Wildman–Crippen MR) is 215 cm³/mol. The third-order valence-electron chi connectivity index (χ3n) is 9.92. The zero-order valence-corrected chi connectivity index (χ0v) is 28.4. The fourth-order valence-corrected chi connectivity index (χ4v) is 8.57. The Bertz CT molecular complexity index is 3190. The van der Waals surface area contributed by atoms with E-state index in [4.69, 9.17) is 24.4 Å². The summed E-state index contributed by atoms with van der Waals surface area (Å²) < 4.78 is 9.14. The minimum absolute atomic E-state index is 0.602. The van der Waals surface area contributed by atoms with Crippen LogP contribution in [-0.2, 0) is 0 Å². The van der Waals surface area contributed by atoms with Gasteiger partial charge in [0.15, 0.2) is 23.1 Å². The fourth-order valence-electron chi connectivity index (χ4n) is 7.48. The summed E-state index contributed by atoms with van der Waals surface area (Å²) in [5.41, 5.74) is 5.34. The van der Waals surface area contributed by atoms with Gasteiger partial charge in [0.1, 0.15) is 5.52 Å². The molecule has 0 spiro atoms. The van der Waals surface area contributed by atoms with Gasteiger partial charge in [-0.1, -0.05) is 109 Å². The predicted octanol–water partition coefficient (Wildman–Crippen LogP) is 12.5. The lowest BCUT2D eigenvalue weighted by molar-refractivity contribution is 0.623. The Kier molecular flexibility index (Phi) is 6.35. The standard InChI is InChI=1S/C46H26N4OS/c1-3-11-28(12-4-1)43-48-44(31-21-24-39-35(26-31)33-17-9-10-18-38(33)52-39)50-45(49-43)36-25-30-15-7-8-16-32(30)41-34(36)22-19-27-20-23-37-42(40(27)41)51-46(47-37)29-13-5-2-6-14-29/h1-26H. The highest BCUT2D eigenvalue weighted by Crippen LogP contribution is 2.42. The van der Waals surface area contributed by atoms with Crippen LogP contribution in [0.1, 0.15) is 0 Å². The van der Waals surface area contributed by atoms with E-state index in [9.17, 15) is 0 Å². The van der Waals surface area contributed by atoms with Gasteiger partial charge in [-0.05, 0) is 70.1 Å². The molecular formula is C46H26N4OS. The molecule has 0 bridgehead atoms. The molecule has 242 valence electrons. The third kappa shape index (κ3) is 4.55. The maximum absolute atomic E-state index is 6.63. The second kappa shape index (κ2) is 11.4. The molecule has 11 rings (SSSR count). The van der Waals surface area contributed by atoms with Crippen molar-refractivity contribution in [3.05, 3.63) is 158 Å². The number of thiophene rings is 1. The van der Waals surface area contributed by atoms with Crippen molar-refractivity contribution >= 4 is 74.9 Å². The summed E-state index contributed by atoms with van der Waals surface area (Å²) in [5, 5.41) is 8.88. The van der Waals surface area contributed by atoms with Gasteiger partial charge < -0.3 is 4.42 Å². The Hall–Kier alpha value is -6.76. The van der Waals surface area contributed by atoms with E-state index in [1.54, 1.807) is 11.3 Å². The first-order chi connectivity index (χ1) is 25.7. The van der Waals surface area contributed by atoms with Gasteiger partial charge in [0.05, 0.1) is 0 Å². The lowest BCUT2D eigenvalue weighted by Crippen LogP contribution is -2.01. The molecule has 8 aromatic carbocycles. The summed E-state index contributed by atoms with van der Waals surface area (Å²) in [6, 6.07) is 54.6. The van der Waals surface area contributed by atoms with E-state index in [0.29, 0.717) is 23.4 Å². The van der Waals surface area contributed by atoms with Crippen molar-refractivity contribution in [2.24, 2.45) is 0 Å². The van der Waals surface area contributed by atoms with Crippen LogP contribution >= 0.6 is 11.3 Å². The Morgan fingerprint density at radius 1 is 0.404 bits per heavy atom. The van der Waals surface area contributed by atoms with Crippen LogP contribution in [0.2, 0.25) is 0 Å². The number of fused-ring (bicyclic) bond motifs is 10. The quantitative estimate of drug-likeness (QED) is 0.173. The van der Waals surface area contributed by atoms with Gasteiger partial charge in [-0.2, -0.15) is 0 Å². The van der Waals surface area contributed by atoms with E-state index < -0.39 is 0 Å². The van der Waals surface area contributed by atoms with E-state index in [0.717, 1.165) is 65.7 Å². The molecule has 0 unspecified atom stereocenters. The smallest absolute Gasteiger partial charge is 0.227 e. The summed E-state index contributed by atoms with van der Waals surface area (Å²) in [5.74, 6) is 2.48. The second-order valence-corrected chi connectivity index (χ2v) is 14.1. The highest BCUT2D eigenvalue weighted by atomic mass is 32.1. The molecular weight excluding hydrogens is 657 g/mol. The number of aromatic nitrogens is 4. The molecule has 0 aliphatic carbocycles. The van der Waals surface area contributed by atoms with Gasteiger partial charge in [0.25, 0.3) is 0 Å². The minimum Gasteiger partial charge on any atom is -0.435 e. The van der Waals surface area contributed by atoms with E-state index >= 15 is 0 Å². The number of nitrogens with zero attached hydrogens (tertiary/aromatic N) is 4. The largest absolute Gasteiger partial charge is 0.435 e. The van der Waals surface area contributed by atoms with E-state index in [-0.39, 0.29) is 0 Å². The van der Waals surface area contributed by atoms with Crippen molar-refractivity contribution in [2.75, 3.05) is 0 Å². The summed E-state index contributed by atoms with van der Waals surface area (Å²) in [6.07, 6.45) is 0. The highest BCUT2D eigenvalue weighted by molar-refractivity contribution is 7.25. The van der Waals surface area contributed by atoms with E-state index in [2.05, 4.69) is 103 Å². The van der Waals surface area contributed by atoms with Gasteiger partial charge in [-0.15, -0.1) is 11.3 Å². The first-order valence-corrected chi connectivity index (χ1v) is 18.0. The van der Waals surface area contributed by atoms with Crippen LogP contribution in [0.25, 0.3) is 109 Å². The van der Waals surface area contributed by atoms with Crippen LogP contribution in [0.15, 0.2) is 162 Å². The molecule has 11 aromatic rings. The first-order valence-electron chi connectivity index (χ1n) is 17.2. The van der Waals surface area contributed by atoms with E-state index in [1.807, 2.05) is 54.6 Å². The maximum Gasteiger partial charge on any atom is 0.227 e. The number of oxazole rings is 1. The molecule has 5 nitrogen and oxygen atoms in total. The fraction of sp³-hybridized carbons (Fsp3) is 0. The minimum atomic E-state index is 0.602. The van der Waals surface area contributed by atoms with Gasteiger partial charge in [-0.25, -0.2) is 19.9 Å². The molecule has 0 N–H and O–H groups in total. The van der Waals surface area contributed by atoms with Crippen molar-refractivity contribution in [3.8, 4) is 45.6 Å². The molecule has 52 heavy (non-hydrogen) atoms. The zero-order chi connectivity index (χ0) is 34.2. The monoisotopic (exact) mass is 682 g/mol. The van der Waals surface area contributed by atoms with Crippen LogP contribution in [0.3, 0.4) is 0 Å². The van der Waals surface area contributed by atoms with Crippen LogP contribution in [0.5, 0.6) is 0 Å². The molecule has 0 fully saturated rings. The molecule has 0 atom stereocenters. The van der Waals surface area contributed by atoms with Gasteiger partial charge in [0, 0.05) is 53.2 Å². The number of benzene rings is 8. The Morgan fingerprint density at radius 2 is 1.08 bits per heavy atom. The summed E-state index contributed by atoms with van der Waals surface area (Å²) >= 11 is 1.80. The lowest BCUT2D eigenvalue weighted by atomic mass is 9.92. The molecule has 0 amide bonds. The SMILES string of the molecule is c1ccc(-c2nc(-c3ccc4sc5ccccc5c4c3)nc(-c3cc4ccccc4c4c3ccc3ccc5nc(-c6ccccc6)oc5c34)n2)cc1. The average Bonchev–Trinajstić information content (AvgIpc) is 3.83. The molecule has 0 saturated heterocycles. The van der Waals surface area contributed by atoms with Crippen molar-refractivity contribution in [3.63, 3.8) is 0 Å². The molecule has 0 aliphatic heterocycles. The second-order valence-electron chi connectivity index (χ2n) is 13.0. The van der Waals surface area contributed by atoms with Crippen LogP contribution < -0.4 is 0 Å². The van der Waals surface area contributed by atoms with Crippen molar-refractivity contribution in [1.29, 1.82) is 0 Å². The van der Waals surface area contributed by atoms with Crippen molar-refractivity contribution < 1.29 is 4.42 Å². The normalized spacial score (nSPS) is 11.8. The molecule has 3 heterocycles. The first kappa shape index (κ1) is 29.0. The van der Waals surface area contributed by atoms with Crippen molar-refractivity contribution in [1.82, 2.24) is 19.9 Å². The Labute approximate surface area is 301 Å². The molecule has 0 radical (unpaired) electrons. The van der Waals surface area contributed by atoms with Gasteiger partial charge in [0.2, 0.25) is 5.89 Å². The number of hydrogen-bond acceptors (Lipinski definition) is 6. The van der Waals surface area contributed by atoms with Crippen LogP contribution in [0, 0.1) is 0 Å². The van der Waals surface area contributed by atoms with Crippen molar-refractivity contribution in [2.45, 2.75) is 0 Å². The molecule has 6 heteroatoms. The Morgan fingerprint density at radius 3 is 1.92 bits per heavy atom. The highest BCUT2D eigenvalue weighted by Gasteiger charge is 2.20. The average molecular weight is 683 g/mol. The Balaban J connectivity index is 1.21. The van der Waals surface area contributed by atoms with Crippen LogP contribution in [0.4, 0.5) is 0 Å². The molecule has 3 aromatic heterocycles. The topological polar surface area (TPSA) is 64.7 Å².